The van der Waals surface area contributed by atoms with E-state index < -0.39 is 6.04 Å². The van der Waals surface area contributed by atoms with Crippen molar-refractivity contribution in [1.29, 1.82) is 0 Å². The Kier molecular flexibility index (Phi) is 8.65. The lowest BCUT2D eigenvalue weighted by Crippen LogP contribution is -2.51. The van der Waals surface area contributed by atoms with Crippen molar-refractivity contribution in [3.05, 3.63) is 70.5 Å². The molecule has 2 rings (SSSR count). The number of nitrogens with one attached hydrogen (secondary N) is 1. The first kappa shape index (κ1) is 22.9. The van der Waals surface area contributed by atoms with Gasteiger partial charge in [-0.3, -0.25) is 9.59 Å². The molecule has 0 saturated heterocycles. The first-order valence-electron chi connectivity index (χ1n) is 9.93. The van der Waals surface area contributed by atoms with Gasteiger partial charge in [0.05, 0.1) is 6.42 Å². The van der Waals surface area contributed by atoms with Crippen LogP contribution in [0, 0.1) is 5.82 Å². The molecule has 2 unspecified atom stereocenters. The van der Waals surface area contributed by atoms with Crippen molar-refractivity contribution in [1.82, 2.24) is 10.2 Å². The molecule has 0 saturated carbocycles. The Labute approximate surface area is 177 Å². The number of nitrogens with zero attached hydrogens (tertiary/aromatic N) is 1. The third kappa shape index (κ3) is 6.57. The van der Waals surface area contributed by atoms with Gasteiger partial charge in [0.25, 0.3) is 0 Å². The molecule has 2 atom stereocenters. The van der Waals surface area contributed by atoms with E-state index in [-0.39, 0.29) is 36.6 Å². The standard InChI is InChI=1S/C23H28ClFN2O2/c1-4-16(3)26-23(29)21(5-2)27(15-18-8-6-7-9-20(18)24)22(28)14-17-10-12-19(25)13-11-17/h6-13,16,21H,4-5,14-15H2,1-3H3,(H,26,29). The molecule has 156 valence electrons. The Bertz CT molecular complexity index is 826. The van der Waals surface area contributed by atoms with Crippen LogP contribution < -0.4 is 5.32 Å². The lowest BCUT2D eigenvalue weighted by atomic mass is 10.1. The Balaban J connectivity index is 2.30. The highest BCUT2D eigenvalue weighted by atomic mass is 35.5. The molecule has 6 heteroatoms. The molecule has 0 aromatic heterocycles. The Morgan fingerprint density at radius 1 is 1.07 bits per heavy atom. The number of hydrogen-bond donors (Lipinski definition) is 1. The van der Waals surface area contributed by atoms with Crippen LogP contribution in [0.4, 0.5) is 4.39 Å². The molecular weight excluding hydrogens is 391 g/mol. The Morgan fingerprint density at radius 2 is 1.72 bits per heavy atom. The monoisotopic (exact) mass is 418 g/mol. The zero-order valence-electron chi connectivity index (χ0n) is 17.1. The van der Waals surface area contributed by atoms with E-state index in [1.807, 2.05) is 39.0 Å². The fraction of sp³-hybridized carbons (Fsp3) is 0.391. The van der Waals surface area contributed by atoms with Crippen LogP contribution in [0.15, 0.2) is 48.5 Å². The fourth-order valence-electron chi connectivity index (χ4n) is 3.05. The van der Waals surface area contributed by atoms with Gasteiger partial charge in [0, 0.05) is 17.6 Å². The molecule has 0 heterocycles. The average Bonchev–Trinajstić information content (AvgIpc) is 2.70. The van der Waals surface area contributed by atoms with E-state index >= 15 is 0 Å². The first-order valence-corrected chi connectivity index (χ1v) is 10.3. The van der Waals surface area contributed by atoms with Crippen molar-refractivity contribution in [2.75, 3.05) is 0 Å². The molecule has 29 heavy (non-hydrogen) atoms. The molecule has 2 aromatic carbocycles. The van der Waals surface area contributed by atoms with E-state index in [4.69, 9.17) is 11.6 Å². The normalized spacial score (nSPS) is 12.9. The molecule has 2 amide bonds. The van der Waals surface area contributed by atoms with Gasteiger partial charge < -0.3 is 10.2 Å². The van der Waals surface area contributed by atoms with Gasteiger partial charge in [0.1, 0.15) is 11.9 Å². The molecule has 0 aliphatic carbocycles. The average molecular weight is 419 g/mol. The number of rotatable bonds is 9. The topological polar surface area (TPSA) is 49.4 Å². The third-order valence-corrected chi connectivity index (χ3v) is 5.32. The highest BCUT2D eigenvalue weighted by Crippen LogP contribution is 2.20. The van der Waals surface area contributed by atoms with Crippen molar-refractivity contribution in [2.24, 2.45) is 0 Å². The second-order valence-electron chi connectivity index (χ2n) is 7.16. The van der Waals surface area contributed by atoms with Crippen LogP contribution >= 0.6 is 11.6 Å². The molecule has 2 aromatic rings. The number of carbonyl (C=O) groups excluding carboxylic acids is 2. The van der Waals surface area contributed by atoms with E-state index in [0.29, 0.717) is 17.0 Å². The van der Waals surface area contributed by atoms with Crippen LogP contribution in [0.3, 0.4) is 0 Å². The van der Waals surface area contributed by atoms with Crippen molar-refractivity contribution in [3.63, 3.8) is 0 Å². The molecule has 0 radical (unpaired) electrons. The van der Waals surface area contributed by atoms with Gasteiger partial charge in [-0.05, 0) is 49.1 Å². The summed E-state index contributed by atoms with van der Waals surface area (Å²) < 4.78 is 13.2. The largest absolute Gasteiger partial charge is 0.352 e. The van der Waals surface area contributed by atoms with Crippen molar-refractivity contribution >= 4 is 23.4 Å². The van der Waals surface area contributed by atoms with E-state index in [1.165, 1.54) is 12.1 Å². The summed E-state index contributed by atoms with van der Waals surface area (Å²) in [6, 6.07) is 12.5. The molecule has 0 fully saturated rings. The first-order chi connectivity index (χ1) is 13.8. The maximum absolute atomic E-state index is 13.2. The van der Waals surface area contributed by atoms with Crippen molar-refractivity contribution in [3.8, 4) is 0 Å². The minimum Gasteiger partial charge on any atom is -0.352 e. The molecular formula is C23H28ClFN2O2. The van der Waals surface area contributed by atoms with Gasteiger partial charge >= 0.3 is 0 Å². The van der Waals surface area contributed by atoms with Crippen LogP contribution in [0.1, 0.15) is 44.7 Å². The van der Waals surface area contributed by atoms with Crippen LogP contribution in [-0.2, 0) is 22.6 Å². The number of amides is 2. The third-order valence-electron chi connectivity index (χ3n) is 4.95. The zero-order valence-corrected chi connectivity index (χ0v) is 17.9. The number of halogens is 2. The van der Waals surface area contributed by atoms with Crippen LogP contribution in [0.25, 0.3) is 0 Å². The van der Waals surface area contributed by atoms with Crippen LogP contribution in [0.2, 0.25) is 5.02 Å². The Morgan fingerprint density at radius 3 is 2.31 bits per heavy atom. The SMILES string of the molecule is CCC(C)NC(=O)C(CC)N(Cc1ccccc1Cl)C(=O)Cc1ccc(F)cc1. The molecule has 4 nitrogen and oxygen atoms in total. The van der Waals surface area contributed by atoms with E-state index in [2.05, 4.69) is 5.32 Å². The molecule has 1 N–H and O–H groups in total. The predicted molar refractivity (Wildman–Crippen MR) is 114 cm³/mol. The number of carbonyl (C=O) groups is 2. The second-order valence-corrected chi connectivity index (χ2v) is 7.57. The molecule has 0 aliphatic heterocycles. The number of benzene rings is 2. The molecule has 0 bridgehead atoms. The maximum Gasteiger partial charge on any atom is 0.243 e. The highest BCUT2D eigenvalue weighted by Gasteiger charge is 2.29. The van der Waals surface area contributed by atoms with E-state index in [0.717, 1.165) is 12.0 Å². The minimum atomic E-state index is -0.617. The zero-order chi connectivity index (χ0) is 21.4. The van der Waals surface area contributed by atoms with Crippen molar-refractivity contribution < 1.29 is 14.0 Å². The summed E-state index contributed by atoms with van der Waals surface area (Å²) >= 11 is 6.30. The predicted octanol–water partition coefficient (Wildman–Crippen LogP) is 4.74. The summed E-state index contributed by atoms with van der Waals surface area (Å²) in [5.41, 5.74) is 1.47. The summed E-state index contributed by atoms with van der Waals surface area (Å²) in [6.45, 7) is 6.04. The van der Waals surface area contributed by atoms with E-state index in [1.54, 1.807) is 23.1 Å². The van der Waals surface area contributed by atoms with Gasteiger partial charge in [-0.2, -0.15) is 0 Å². The molecule has 0 aliphatic rings. The van der Waals surface area contributed by atoms with Crippen LogP contribution in [-0.4, -0.2) is 28.8 Å². The van der Waals surface area contributed by atoms with Gasteiger partial charge in [0.2, 0.25) is 11.8 Å². The summed E-state index contributed by atoms with van der Waals surface area (Å²) in [6.07, 6.45) is 1.36. The summed E-state index contributed by atoms with van der Waals surface area (Å²) in [7, 11) is 0. The van der Waals surface area contributed by atoms with E-state index in [9.17, 15) is 14.0 Å². The maximum atomic E-state index is 13.2. The van der Waals surface area contributed by atoms with Gasteiger partial charge in [0.15, 0.2) is 0 Å². The van der Waals surface area contributed by atoms with Gasteiger partial charge in [-0.25, -0.2) is 4.39 Å². The van der Waals surface area contributed by atoms with Crippen molar-refractivity contribution in [2.45, 2.75) is 58.7 Å². The Hall–Kier alpha value is -2.40. The smallest absolute Gasteiger partial charge is 0.243 e. The summed E-state index contributed by atoms with van der Waals surface area (Å²) in [5.74, 6) is -0.738. The fourth-order valence-corrected chi connectivity index (χ4v) is 3.24. The van der Waals surface area contributed by atoms with Gasteiger partial charge in [-0.1, -0.05) is 55.8 Å². The number of hydrogen-bond acceptors (Lipinski definition) is 2. The molecule has 0 spiro atoms. The lowest BCUT2D eigenvalue weighted by Gasteiger charge is -2.31. The summed E-state index contributed by atoms with van der Waals surface area (Å²) in [4.78, 5) is 27.6. The van der Waals surface area contributed by atoms with Gasteiger partial charge in [-0.15, -0.1) is 0 Å². The van der Waals surface area contributed by atoms with Crippen LogP contribution in [0.5, 0.6) is 0 Å². The highest BCUT2D eigenvalue weighted by molar-refractivity contribution is 6.31. The quantitative estimate of drug-likeness (QED) is 0.639. The lowest BCUT2D eigenvalue weighted by molar-refractivity contribution is -0.141. The minimum absolute atomic E-state index is 0.0194. The summed E-state index contributed by atoms with van der Waals surface area (Å²) in [5, 5.41) is 3.52. The second kappa shape index (κ2) is 11.0.